The number of esters is 3. The molecule has 0 aromatic heterocycles. The number of hydrogen-bond donors (Lipinski definition) is 4. The van der Waals surface area contributed by atoms with Crippen molar-refractivity contribution in [3.63, 3.8) is 0 Å². The molecule has 0 fully saturated rings. The molecule has 0 bridgehead atoms. The lowest BCUT2D eigenvalue weighted by molar-refractivity contribution is -0.188. The van der Waals surface area contributed by atoms with Crippen molar-refractivity contribution in [1.29, 1.82) is 5.41 Å². The number of nitrogens with zero attached hydrogens (tertiary/aromatic N) is 1. The first kappa shape index (κ1) is 39.1. The number of aliphatic carboxylic acids is 1. The summed E-state index contributed by atoms with van der Waals surface area (Å²) < 4.78 is 31.9. The molecule has 46 heavy (non-hydrogen) atoms. The highest BCUT2D eigenvalue weighted by molar-refractivity contribution is 6.00. The Morgan fingerprint density at radius 3 is 1.89 bits per heavy atom. The van der Waals surface area contributed by atoms with Gasteiger partial charge in [0.05, 0.1) is 12.1 Å². The maximum Gasteiger partial charge on any atom is 0.417 e. The Hall–Kier alpha value is -4.90. The lowest BCUT2D eigenvalue weighted by atomic mass is 9.90. The number of carbonyl (C=O) groups excluding carboxylic acids is 6. The molecule has 258 valence electrons. The van der Waals surface area contributed by atoms with Gasteiger partial charge in [0.25, 0.3) is 0 Å². The molecule has 1 aliphatic rings. The van der Waals surface area contributed by atoms with Crippen LogP contribution in [0.15, 0.2) is 11.8 Å². The summed E-state index contributed by atoms with van der Waals surface area (Å²) in [5, 5.41) is 23.2. The Labute approximate surface area is 265 Å². The number of carbonyl (C=O) groups is 7. The quantitative estimate of drug-likeness (QED) is 0.118. The van der Waals surface area contributed by atoms with Crippen LogP contribution in [0.3, 0.4) is 0 Å². The second kappa shape index (κ2) is 15.9. The molecule has 0 saturated heterocycles. The summed E-state index contributed by atoms with van der Waals surface area (Å²) >= 11 is 0. The summed E-state index contributed by atoms with van der Waals surface area (Å²) in [6.07, 6.45) is -6.82. The molecule has 3 amide bonds. The SMILES string of the molecule is CC(=O)N[C@H]1[C@H]([C@@H](OC(C)=O)[C@@H](COC(C)=O)OC(C)=O)OC(C(=O)O)=C[C@@H]1N(C(=N)NC(=O)OC(C)(C)C)C(=O)OC(C)(C)C. The summed E-state index contributed by atoms with van der Waals surface area (Å²) in [6.45, 7) is 12.5. The molecule has 18 heteroatoms. The molecule has 18 nitrogen and oxygen atoms in total. The number of rotatable bonds is 9. The summed E-state index contributed by atoms with van der Waals surface area (Å²) in [5.74, 6) is -7.02. The molecule has 1 heterocycles. The van der Waals surface area contributed by atoms with Crippen LogP contribution in [0.25, 0.3) is 0 Å². The molecule has 0 aliphatic carbocycles. The highest BCUT2D eigenvalue weighted by Gasteiger charge is 2.51. The molecule has 1 aliphatic heterocycles. The van der Waals surface area contributed by atoms with E-state index >= 15 is 0 Å². The average Bonchev–Trinajstić information content (AvgIpc) is 2.83. The van der Waals surface area contributed by atoms with Crippen molar-refractivity contribution >= 4 is 47.9 Å². The van der Waals surface area contributed by atoms with Crippen molar-refractivity contribution in [2.24, 2.45) is 0 Å². The van der Waals surface area contributed by atoms with E-state index in [1.165, 1.54) is 20.8 Å². The Balaban J connectivity index is 3.99. The van der Waals surface area contributed by atoms with Crippen molar-refractivity contribution in [2.75, 3.05) is 6.61 Å². The monoisotopic (exact) mass is 658 g/mol. The maximum absolute atomic E-state index is 13.6. The number of alkyl carbamates (subject to hydrolysis) is 1. The number of amides is 3. The van der Waals surface area contributed by atoms with Gasteiger partial charge in [0, 0.05) is 27.7 Å². The zero-order valence-corrected chi connectivity index (χ0v) is 27.4. The Bertz CT molecular complexity index is 1250. The molecule has 5 atom stereocenters. The van der Waals surface area contributed by atoms with Crippen molar-refractivity contribution in [2.45, 2.75) is 111 Å². The van der Waals surface area contributed by atoms with Crippen molar-refractivity contribution in [3.05, 3.63) is 11.8 Å². The third-order valence-corrected chi connectivity index (χ3v) is 5.40. The molecular weight excluding hydrogens is 616 g/mol. The van der Waals surface area contributed by atoms with Crippen LogP contribution in [0.5, 0.6) is 0 Å². The van der Waals surface area contributed by atoms with Crippen LogP contribution >= 0.6 is 0 Å². The van der Waals surface area contributed by atoms with Gasteiger partial charge in [-0.05, 0) is 47.6 Å². The first-order valence-corrected chi connectivity index (χ1v) is 13.9. The van der Waals surface area contributed by atoms with Gasteiger partial charge in [-0.25, -0.2) is 19.3 Å². The summed E-state index contributed by atoms with van der Waals surface area (Å²) in [6, 6.07) is -3.32. The molecular formula is C28H42N4O14. The number of guanidine groups is 1. The summed E-state index contributed by atoms with van der Waals surface area (Å²) in [7, 11) is 0. The minimum atomic E-state index is -1.80. The minimum Gasteiger partial charge on any atom is -0.477 e. The molecule has 0 spiro atoms. The van der Waals surface area contributed by atoms with Crippen LogP contribution < -0.4 is 10.6 Å². The van der Waals surface area contributed by atoms with Gasteiger partial charge in [0.1, 0.15) is 17.8 Å². The fourth-order valence-corrected chi connectivity index (χ4v) is 4.03. The lowest BCUT2D eigenvalue weighted by Crippen LogP contribution is -2.67. The number of ether oxygens (including phenoxy) is 6. The second-order valence-electron chi connectivity index (χ2n) is 12.0. The van der Waals surface area contributed by atoms with Crippen molar-refractivity contribution in [3.8, 4) is 0 Å². The van der Waals surface area contributed by atoms with E-state index in [-0.39, 0.29) is 0 Å². The van der Waals surface area contributed by atoms with Crippen molar-refractivity contribution in [1.82, 2.24) is 15.5 Å². The minimum absolute atomic E-state index is 0.520. The lowest BCUT2D eigenvalue weighted by Gasteiger charge is -2.44. The van der Waals surface area contributed by atoms with E-state index in [9.17, 15) is 38.7 Å². The largest absolute Gasteiger partial charge is 0.477 e. The summed E-state index contributed by atoms with van der Waals surface area (Å²) in [5.41, 5.74) is -2.20. The average molecular weight is 659 g/mol. The smallest absolute Gasteiger partial charge is 0.417 e. The van der Waals surface area contributed by atoms with Crippen LogP contribution in [-0.2, 0) is 52.4 Å². The topological polar surface area (TPSA) is 246 Å². The van der Waals surface area contributed by atoms with Gasteiger partial charge in [-0.1, -0.05) is 0 Å². The molecule has 0 saturated carbocycles. The maximum atomic E-state index is 13.6. The second-order valence-corrected chi connectivity index (χ2v) is 12.0. The van der Waals surface area contributed by atoms with E-state index < -0.39 is 102 Å². The fourth-order valence-electron chi connectivity index (χ4n) is 4.03. The molecule has 0 radical (unpaired) electrons. The third kappa shape index (κ3) is 13.0. The Morgan fingerprint density at radius 2 is 1.46 bits per heavy atom. The van der Waals surface area contributed by atoms with E-state index in [1.54, 1.807) is 20.8 Å². The predicted octanol–water partition coefficient (Wildman–Crippen LogP) is 1.35. The van der Waals surface area contributed by atoms with Gasteiger partial charge in [-0.2, -0.15) is 0 Å². The predicted molar refractivity (Wildman–Crippen MR) is 155 cm³/mol. The van der Waals surface area contributed by atoms with Gasteiger partial charge in [0.2, 0.25) is 17.6 Å². The van der Waals surface area contributed by atoms with Crippen LogP contribution in [0.1, 0.15) is 69.2 Å². The standard InChI is InChI=1S/C28H42N4O14/c1-13(33)30-20-17(32(26(40)46-28(8,9)10)24(29)31-25(39)45-27(5,6)7)11-18(23(37)38)44-22(20)21(43-16(4)36)19(42-15(3)35)12-41-14(2)34/h11,17,19-22H,12H2,1-10H3,(H,30,33)(H,37,38)(H2,29,31,39)/t17-,19+,20+,21-,22+/m0/s1. The Kier molecular flexibility index (Phi) is 13.5. The normalized spacial score (nSPS) is 19.0. The van der Waals surface area contributed by atoms with Crippen LogP contribution in [0.2, 0.25) is 0 Å². The number of nitrogens with one attached hydrogen (secondary N) is 3. The molecule has 0 aromatic rings. The van der Waals surface area contributed by atoms with Crippen LogP contribution in [0.4, 0.5) is 9.59 Å². The summed E-state index contributed by atoms with van der Waals surface area (Å²) in [4.78, 5) is 87.4. The van der Waals surface area contributed by atoms with Gasteiger partial charge in [-0.15, -0.1) is 0 Å². The fraction of sp³-hybridized carbons (Fsp3) is 0.643. The van der Waals surface area contributed by atoms with Crippen molar-refractivity contribution < 1.29 is 67.1 Å². The first-order valence-electron chi connectivity index (χ1n) is 13.9. The highest BCUT2D eigenvalue weighted by Crippen LogP contribution is 2.30. The zero-order chi connectivity index (χ0) is 35.7. The van der Waals surface area contributed by atoms with E-state index in [0.717, 1.165) is 33.8 Å². The van der Waals surface area contributed by atoms with Gasteiger partial charge >= 0.3 is 36.1 Å². The van der Waals surface area contributed by atoms with Gasteiger partial charge in [-0.3, -0.25) is 29.9 Å². The number of carboxylic acid groups (broad SMARTS) is 1. The van der Waals surface area contributed by atoms with E-state index in [0.29, 0.717) is 4.90 Å². The van der Waals surface area contributed by atoms with Crippen LogP contribution in [-0.4, -0.2) is 106 Å². The van der Waals surface area contributed by atoms with E-state index in [2.05, 4.69) is 10.6 Å². The first-order chi connectivity index (χ1) is 20.9. The third-order valence-electron chi connectivity index (χ3n) is 5.40. The zero-order valence-electron chi connectivity index (χ0n) is 27.4. The highest BCUT2D eigenvalue weighted by atomic mass is 16.6. The van der Waals surface area contributed by atoms with E-state index in [1.807, 2.05) is 0 Å². The van der Waals surface area contributed by atoms with Gasteiger partial charge < -0.3 is 38.8 Å². The molecule has 0 unspecified atom stereocenters. The molecule has 0 aromatic carbocycles. The van der Waals surface area contributed by atoms with Gasteiger partial charge in [0.15, 0.2) is 18.3 Å². The molecule has 4 N–H and O–H groups in total. The molecule has 1 rings (SSSR count). The number of carboxylic acids is 1. The van der Waals surface area contributed by atoms with E-state index in [4.69, 9.17) is 33.8 Å². The number of hydrogen-bond acceptors (Lipinski definition) is 14. The van der Waals surface area contributed by atoms with Crippen LogP contribution in [0, 0.1) is 5.41 Å². The Morgan fingerprint density at radius 1 is 0.913 bits per heavy atom.